The summed E-state index contributed by atoms with van der Waals surface area (Å²) in [6.45, 7) is 2.35. The number of rotatable bonds is 1. The van der Waals surface area contributed by atoms with E-state index in [0.717, 1.165) is 0 Å². The van der Waals surface area contributed by atoms with Crippen LogP contribution in [-0.2, 0) is 0 Å². The summed E-state index contributed by atoms with van der Waals surface area (Å²) in [6, 6.07) is 28.6. The largest absolute Gasteiger partial charge is 0.0622 e. The van der Waals surface area contributed by atoms with Crippen molar-refractivity contribution in [1.82, 2.24) is 0 Å². The van der Waals surface area contributed by atoms with Crippen LogP contribution in [0.5, 0.6) is 0 Å². The third kappa shape index (κ3) is 1.91. The molecule has 0 radical (unpaired) electrons. The summed E-state index contributed by atoms with van der Waals surface area (Å²) in [5.74, 6) is 0.941. The van der Waals surface area contributed by atoms with Gasteiger partial charge in [-0.2, -0.15) is 0 Å². The molecule has 0 N–H and O–H groups in total. The number of hydrogen-bond donors (Lipinski definition) is 0. The SMILES string of the molecule is C[C@H]1c2ccccc2-c2ccccc2[C@H]1c1ccccc1. The predicted octanol–water partition coefficient (Wildman–Crippen LogP) is 5.60. The van der Waals surface area contributed by atoms with E-state index >= 15 is 0 Å². The van der Waals surface area contributed by atoms with Gasteiger partial charge in [-0.1, -0.05) is 85.8 Å². The fraction of sp³-hybridized carbons (Fsp3) is 0.143. The summed E-state index contributed by atoms with van der Waals surface area (Å²) < 4.78 is 0. The molecule has 3 aromatic carbocycles. The van der Waals surface area contributed by atoms with Crippen LogP contribution in [0.4, 0.5) is 0 Å². The van der Waals surface area contributed by atoms with Crippen molar-refractivity contribution in [2.45, 2.75) is 18.8 Å². The van der Waals surface area contributed by atoms with Gasteiger partial charge < -0.3 is 0 Å². The van der Waals surface area contributed by atoms with E-state index in [9.17, 15) is 0 Å². The van der Waals surface area contributed by atoms with Gasteiger partial charge in [-0.3, -0.25) is 0 Å². The Balaban J connectivity index is 1.99. The zero-order valence-corrected chi connectivity index (χ0v) is 12.2. The van der Waals surface area contributed by atoms with Gasteiger partial charge in [-0.05, 0) is 33.7 Å². The van der Waals surface area contributed by atoms with Crippen molar-refractivity contribution in [3.8, 4) is 11.1 Å². The molecule has 0 unspecified atom stereocenters. The van der Waals surface area contributed by atoms with Crippen molar-refractivity contribution in [2.24, 2.45) is 0 Å². The van der Waals surface area contributed by atoms with Crippen molar-refractivity contribution in [1.29, 1.82) is 0 Å². The molecule has 21 heavy (non-hydrogen) atoms. The molecule has 0 bridgehead atoms. The van der Waals surface area contributed by atoms with Crippen LogP contribution in [0.1, 0.15) is 35.4 Å². The van der Waals surface area contributed by atoms with Gasteiger partial charge in [0.25, 0.3) is 0 Å². The van der Waals surface area contributed by atoms with Crippen LogP contribution in [0.15, 0.2) is 78.9 Å². The van der Waals surface area contributed by atoms with Crippen molar-refractivity contribution >= 4 is 0 Å². The number of fused-ring (bicyclic) bond motifs is 3. The van der Waals surface area contributed by atoms with Gasteiger partial charge >= 0.3 is 0 Å². The molecule has 0 aliphatic heterocycles. The van der Waals surface area contributed by atoms with Gasteiger partial charge in [0.15, 0.2) is 0 Å². The molecule has 0 fully saturated rings. The lowest BCUT2D eigenvalue weighted by atomic mass is 9.70. The lowest BCUT2D eigenvalue weighted by Gasteiger charge is -2.34. The molecule has 0 spiro atoms. The average Bonchev–Trinajstić information content (AvgIpc) is 2.56. The molecule has 1 aliphatic rings. The molecular weight excluding hydrogens is 252 g/mol. The summed E-state index contributed by atoms with van der Waals surface area (Å²) >= 11 is 0. The van der Waals surface area contributed by atoms with Crippen molar-refractivity contribution < 1.29 is 0 Å². The van der Waals surface area contributed by atoms with Crippen LogP contribution < -0.4 is 0 Å². The molecule has 0 saturated heterocycles. The van der Waals surface area contributed by atoms with E-state index in [4.69, 9.17) is 0 Å². The minimum Gasteiger partial charge on any atom is -0.0622 e. The summed E-state index contributed by atoms with van der Waals surface area (Å²) in [7, 11) is 0. The lowest BCUT2D eigenvalue weighted by Crippen LogP contribution is -2.16. The minimum absolute atomic E-state index is 0.442. The Labute approximate surface area is 126 Å². The summed E-state index contributed by atoms with van der Waals surface area (Å²) in [6.07, 6.45) is 0. The topological polar surface area (TPSA) is 0 Å². The molecule has 0 amide bonds. The van der Waals surface area contributed by atoms with Crippen LogP contribution in [0, 0.1) is 0 Å². The first kappa shape index (κ1) is 12.4. The maximum absolute atomic E-state index is 2.35. The molecule has 1 aliphatic carbocycles. The van der Waals surface area contributed by atoms with Crippen LogP contribution in [0.25, 0.3) is 11.1 Å². The van der Waals surface area contributed by atoms with Gasteiger partial charge in [-0.15, -0.1) is 0 Å². The Morgan fingerprint density at radius 2 is 1.10 bits per heavy atom. The van der Waals surface area contributed by atoms with Crippen molar-refractivity contribution in [3.63, 3.8) is 0 Å². The van der Waals surface area contributed by atoms with Crippen LogP contribution >= 0.6 is 0 Å². The quantitative estimate of drug-likeness (QED) is 0.539. The molecule has 102 valence electrons. The van der Waals surface area contributed by atoms with E-state index < -0.39 is 0 Å². The minimum atomic E-state index is 0.442. The molecule has 3 aromatic rings. The second kappa shape index (κ2) is 4.89. The Morgan fingerprint density at radius 3 is 1.81 bits per heavy atom. The van der Waals surface area contributed by atoms with Crippen LogP contribution in [-0.4, -0.2) is 0 Å². The third-order valence-electron chi connectivity index (χ3n) is 4.70. The molecule has 4 rings (SSSR count). The highest BCUT2D eigenvalue weighted by atomic mass is 14.3. The third-order valence-corrected chi connectivity index (χ3v) is 4.70. The number of hydrogen-bond acceptors (Lipinski definition) is 0. The second-order valence-electron chi connectivity index (χ2n) is 5.85. The summed E-state index contributed by atoms with van der Waals surface area (Å²) in [5, 5.41) is 0. The molecule has 0 nitrogen and oxygen atoms in total. The normalized spacial score (nSPS) is 19.7. The number of benzene rings is 3. The molecule has 0 saturated carbocycles. The van der Waals surface area contributed by atoms with E-state index in [-0.39, 0.29) is 0 Å². The first-order valence-electron chi connectivity index (χ1n) is 7.59. The van der Waals surface area contributed by atoms with Gasteiger partial charge in [0.1, 0.15) is 0 Å². The van der Waals surface area contributed by atoms with Gasteiger partial charge in [0, 0.05) is 5.92 Å². The highest BCUT2D eigenvalue weighted by Crippen LogP contribution is 2.49. The Hall–Kier alpha value is -2.34. The van der Waals surface area contributed by atoms with E-state index in [2.05, 4.69) is 85.8 Å². The van der Waals surface area contributed by atoms with E-state index in [0.29, 0.717) is 11.8 Å². The predicted molar refractivity (Wildman–Crippen MR) is 88.6 cm³/mol. The van der Waals surface area contributed by atoms with Crippen LogP contribution in [0.3, 0.4) is 0 Å². The second-order valence-corrected chi connectivity index (χ2v) is 5.85. The standard InChI is InChI=1S/C21H18/c1-15-17-11-5-6-12-18(17)19-13-7-8-14-20(19)21(15)16-9-3-2-4-10-16/h2-15,21H,1H3/t15-,21+/m0/s1. The first-order valence-corrected chi connectivity index (χ1v) is 7.59. The smallest absolute Gasteiger partial charge is 0.0162 e. The molecular formula is C21H18. The van der Waals surface area contributed by atoms with Crippen molar-refractivity contribution in [2.75, 3.05) is 0 Å². The zero-order valence-electron chi connectivity index (χ0n) is 12.2. The zero-order chi connectivity index (χ0) is 14.2. The van der Waals surface area contributed by atoms with E-state index in [1.54, 1.807) is 0 Å². The van der Waals surface area contributed by atoms with Crippen molar-refractivity contribution in [3.05, 3.63) is 95.6 Å². The fourth-order valence-corrected chi connectivity index (χ4v) is 3.73. The molecule has 0 aromatic heterocycles. The highest BCUT2D eigenvalue weighted by Gasteiger charge is 2.31. The van der Waals surface area contributed by atoms with E-state index in [1.165, 1.54) is 27.8 Å². The lowest BCUT2D eigenvalue weighted by molar-refractivity contribution is 0.649. The van der Waals surface area contributed by atoms with Crippen LogP contribution in [0.2, 0.25) is 0 Å². The molecule has 0 heteroatoms. The Morgan fingerprint density at radius 1 is 0.571 bits per heavy atom. The maximum atomic E-state index is 2.35. The average molecular weight is 270 g/mol. The first-order chi connectivity index (χ1) is 10.4. The Kier molecular flexibility index (Phi) is 2.89. The van der Waals surface area contributed by atoms with Gasteiger partial charge in [0.2, 0.25) is 0 Å². The van der Waals surface area contributed by atoms with E-state index in [1.807, 2.05) is 0 Å². The highest BCUT2D eigenvalue weighted by molar-refractivity contribution is 5.76. The summed E-state index contributed by atoms with van der Waals surface area (Å²) in [4.78, 5) is 0. The monoisotopic (exact) mass is 270 g/mol. The Bertz CT molecular complexity index is 771. The summed E-state index contributed by atoms with van der Waals surface area (Å²) in [5.41, 5.74) is 7.11. The fourth-order valence-electron chi connectivity index (χ4n) is 3.73. The van der Waals surface area contributed by atoms with Gasteiger partial charge in [0.05, 0.1) is 0 Å². The maximum Gasteiger partial charge on any atom is 0.0162 e. The molecule has 0 heterocycles. The molecule has 2 atom stereocenters. The van der Waals surface area contributed by atoms with Gasteiger partial charge in [-0.25, -0.2) is 0 Å².